The van der Waals surface area contributed by atoms with Gasteiger partial charge >= 0.3 is 12.0 Å². The maximum atomic E-state index is 12.6. The highest BCUT2D eigenvalue weighted by Crippen LogP contribution is 2.32. The van der Waals surface area contributed by atoms with E-state index in [1.807, 2.05) is 73.7 Å². The van der Waals surface area contributed by atoms with Crippen molar-refractivity contribution in [1.82, 2.24) is 0 Å². The van der Waals surface area contributed by atoms with Crippen molar-refractivity contribution in [2.45, 2.75) is 13.0 Å². The average molecular weight is 501 g/mol. The molecule has 4 aromatic carbocycles. The van der Waals surface area contributed by atoms with Gasteiger partial charge in [0.25, 0.3) is 0 Å². The van der Waals surface area contributed by atoms with Crippen LogP contribution in [-0.2, 0) is 4.74 Å². The second kappa shape index (κ2) is 11.4. The van der Waals surface area contributed by atoms with Gasteiger partial charge in [-0.3, -0.25) is 0 Å². The van der Waals surface area contributed by atoms with Gasteiger partial charge in [0.2, 0.25) is 0 Å². The molecule has 0 heterocycles. The minimum Gasteiger partial charge on any atom is -0.480 e. The number of ether oxygens (including phenoxy) is 2. The largest absolute Gasteiger partial charge is 0.480 e. The Labute approximate surface area is 214 Å². The highest BCUT2D eigenvalue weighted by atomic mass is 35.5. The second-order valence-electron chi connectivity index (χ2n) is 8.06. The average Bonchev–Trinajstić information content (AvgIpc) is 2.90. The molecule has 6 nitrogen and oxygen atoms in total. The zero-order valence-corrected chi connectivity index (χ0v) is 20.6. The summed E-state index contributed by atoms with van der Waals surface area (Å²) >= 11 is 6.14. The summed E-state index contributed by atoms with van der Waals surface area (Å²) < 4.78 is 11.4. The summed E-state index contributed by atoms with van der Waals surface area (Å²) in [5.74, 6) is -0.255. The Hall–Kier alpha value is -4.29. The highest BCUT2D eigenvalue weighted by Gasteiger charge is 2.21. The fourth-order valence-electron chi connectivity index (χ4n) is 3.66. The Morgan fingerprint density at radius 3 is 1.89 bits per heavy atom. The quantitative estimate of drug-likeness (QED) is 0.262. The predicted octanol–water partition coefficient (Wildman–Crippen LogP) is 7.25. The molecule has 4 aromatic rings. The number of benzene rings is 4. The molecule has 0 bridgehead atoms. The molecule has 36 heavy (non-hydrogen) atoms. The van der Waals surface area contributed by atoms with Gasteiger partial charge in [-0.1, -0.05) is 78.3 Å². The number of amides is 2. The van der Waals surface area contributed by atoms with Gasteiger partial charge in [-0.2, -0.15) is 0 Å². The first-order chi connectivity index (χ1) is 17.4. The van der Waals surface area contributed by atoms with Crippen molar-refractivity contribution in [2.75, 3.05) is 17.7 Å². The van der Waals surface area contributed by atoms with Gasteiger partial charge in [0.1, 0.15) is 17.4 Å². The molecular weight excluding hydrogens is 476 g/mol. The Morgan fingerprint density at radius 2 is 1.33 bits per heavy atom. The number of carbonyl (C=O) groups excluding carboxylic acids is 2. The molecule has 0 spiro atoms. The van der Waals surface area contributed by atoms with E-state index in [0.29, 0.717) is 22.1 Å². The number of anilines is 2. The smallest absolute Gasteiger partial charge is 0.341 e. The van der Waals surface area contributed by atoms with Crippen LogP contribution in [0.15, 0.2) is 97.1 Å². The van der Waals surface area contributed by atoms with E-state index in [1.165, 1.54) is 13.2 Å². The number of methoxy groups -OCH3 is 1. The van der Waals surface area contributed by atoms with Gasteiger partial charge in [0.15, 0.2) is 0 Å². The summed E-state index contributed by atoms with van der Waals surface area (Å²) in [4.78, 5) is 25.2. The first-order valence-electron chi connectivity index (χ1n) is 11.3. The molecule has 0 saturated carbocycles. The lowest BCUT2D eigenvalue weighted by Crippen LogP contribution is -2.20. The van der Waals surface area contributed by atoms with Crippen LogP contribution < -0.4 is 15.4 Å². The molecule has 0 radical (unpaired) electrons. The molecule has 0 aliphatic rings. The minimum absolute atomic E-state index is 0.186. The van der Waals surface area contributed by atoms with Crippen molar-refractivity contribution in [3.8, 4) is 5.75 Å². The lowest BCUT2D eigenvalue weighted by Gasteiger charge is -2.22. The summed E-state index contributed by atoms with van der Waals surface area (Å²) in [6, 6.07) is 29.0. The maximum Gasteiger partial charge on any atom is 0.341 e. The zero-order valence-electron chi connectivity index (χ0n) is 19.8. The topological polar surface area (TPSA) is 76.7 Å². The van der Waals surface area contributed by atoms with Crippen molar-refractivity contribution < 1.29 is 19.1 Å². The Bertz CT molecular complexity index is 1320. The maximum absolute atomic E-state index is 12.6. The molecule has 0 saturated heterocycles. The number of aryl methyl sites for hydroxylation is 1. The van der Waals surface area contributed by atoms with Gasteiger partial charge in [0.05, 0.1) is 7.11 Å². The summed E-state index contributed by atoms with van der Waals surface area (Å²) in [5.41, 5.74) is 3.89. The van der Waals surface area contributed by atoms with Crippen LogP contribution >= 0.6 is 11.6 Å². The first-order valence-corrected chi connectivity index (χ1v) is 11.7. The van der Waals surface area contributed by atoms with Crippen molar-refractivity contribution in [3.05, 3.63) is 124 Å². The molecule has 2 N–H and O–H groups in total. The number of halogens is 1. The van der Waals surface area contributed by atoms with Gasteiger partial charge in [-0.15, -0.1) is 0 Å². The lowest BCUT2D eigenvalue weighted by atomic mass is 10.0. The highest BCUT2D eigenvalue weighted by molar-refractivity contribution is 6.31. The van der Waals surface area contributed by atoms with Crippen LogP contribution in [-0.4, -0.2) is 19.1 Å². The van der Waals surface area contributed by atoms with E-state index >= 15 is 0 Å². The molecule has 0 atom stereocenters. The van der Waals surface area contributed by atoms with Crippen molar-refractivity contribution in [1.29, 1.82) is 0 Å². The standard InChI is InChI=1S/C29H25ClN2O4/c1-19-13-14-23(18-25(19)30)32-29(34)31-22-15-16-26(24(17-22)28(33)35-2)36-27(20-9-5-3-6-10-20)21-11-7-4-8-12-21/h3-18,27H,1-2H3,(H2,31,32,34). The van der Waals surface area contributed by atoms with Crippen molar-refractivity contribution in [2.24, 2.45) is 0 Å². The Kier molecular flexibility index (Phi) is 7.88. The molecule has 7 heteroatoms. The van der Waals surface area contributed by atoms with E-state index in [0.717, 1.165) is 16.7 Å². The summed E-state index contributed by atoms with van der Waals surface area (Å²) in [7, 11) is 1.30. The van der Waals surface area contributed by atoms with E-state index in [4.69, 9.17) is 21.1 Å². The predicted molar refractivity (Wildman–Crippen MR) is 142 cm³/mol. The normalized spacial score (nSPS) is 10.6. The van der Waals surface area contributed by atoms with Crippen LogP contribution in [0.1, 0.15) is 33.2 Å². The van der Waals surface area contributed by atoms with Gasteiger partial charge in [-0.25, -0.2) is 9.59 Å². The van der Waals surface area contributed by atoms with E-state index in [2.05, 4.69) is 10.6 Å². The lowest BCUT2D eigenvalue weighted by molar-refractivity contribution is 0.0594. The van der Waals surface area contributed by atoms with Gasteiger partial charge in [0, 0.05) is 16.4 Å². The molecule has 0 aliphatic carbocycles. The van der Waals surface area contributed by atoms with Crippen LogP contribution in [0.2, 0.25) is 5.02 Å². The van der Waals surface area contributed by atoms with Crippen molar-refractivity contribution >= 4 is 35.0 Å². The number of carbonyl (C=O) groups is 2. The number of rotatable bonds is 7. The molecule has 182 valence electrons. The van der Waals surface area contributed by atoms with Crippen molar-refractivity contribution in [3.63, 3.8) is 0 Å². The third-order valence-electron chi connectivity index (χ3n) is 5.52. The fraction of sp³-hybridized carbons (Fsp3) is 0.103. The molecule has 2 amide bonds. The molecule has 4 rings (SSSR count). The molecular formula is C29H25ClN2O4. The third kappa shape index (κ3) is 6.03. The summed E-state index contributed by atoms with van der Waals surface area (Å²) in [5, 5.41) is 6.01. The van der Waals surface area contributed by atoms with Crippen LogP contribution in [0.25, 0.3) is 0 Å². The van der Waals surface area contributed by atoms with E-state index in [1.54, 1.807) is 24.3 Å². The molecule has 0 aromatic heterocycles. The molecule has 0 unspecified atom stereocenters. The Balaban J connectivity index is 1.60. The monoisotopic (exact) mass is 500 g/mol. The van der Waals surface area contributed by atoms with E-state index < -0.39 is 18.1 Å². The van der Waals surface area contributed by atoms with Crippen LogP contribution in [0, 0.1) is 6.92 Å². The molecule has 0 fully saturated rings. The van der Waals surface area contributed by atoms with Gasteiger partial charge < -0.3 is 20.1 Å². The Morgan fingerprint density at radius 1 is 0.778 bits per heavy atom. The number of nitrogens with one attached hydrogen (secondary N) is 2. The van der Waals surface area contributed by atoms with Crippen LogP contribution in [0.3, 0.4) is 0 Å². The number of hydrogen-bond donors (Lipinski definition) is 2. The van der Waals surface area contributed by atoms with E-state index in [9.17, 15) is 9.59 Å². The first kappa shape index (κ1) is 24.8. The van der Waals surface area contributed by atoms with Crippen LogP contribution in [0.5, 0.6) is 5.75 Å². The number of esters is 1. The SMILES string of the molecule is COC(=O)c1cc(NC(=O)Nc2ccc(C)c(Cl)c2)ccc1OC(c1ccccc1)c1ccccc1. The second-order valence-corrected chi connectivity index (χ2v) is 8.47. The summed E-state index contributed by atoms with van der Waals surface area (Å²) in [6.07, 6.45) is -0.454. The molecule has 0 aliphatic heterocycles. The summed E-state index contributed by atoms with van der Waals surface area (Å²) in [6.45, 7) is 1.88. The fourth-order valence-corrected chi connectivity index (χ4v) is 3.84. The van der Waals surface area contributed by atoms with Crippen LogP contribution in [0.4, 0.5) is 16.2 Å². The zero-order chi connectivity index (χ0) is 25.5. The van der Waals surface area contributed by atoms with Gasteiger partial charge in [-0.05, 0) is 53.9 Å². The number of hydrogen-bond acceptors (Lipinski definition) is 4. The number of urea groups is 1. The third-order valence-corrected chi connectivity index (χ3v) is 5.93. The minimum atomic E-state index is -0.584. The van der Waals surface area contributed by atoms with E-state index in [-0.39, 0.29) is 5.56 Å².